The number of methoxy groups -OCH3 is 1. The lowest BCUT2D eigenvalue weighted by Crippen LogP contribution is -2.38. The SMILES string of the molecule is COCC(C)N(C)C(=O)c1cc(C)ccc1Br. The second-order valence-corrected chi connectivity index (χ2v) is 5.06. The van der Waals surface area contributed by atoms with Gasteiger partial charge in [0.2, 0.25) is 0 Å². The lowest BCUT2D eigenvalue weighted by molar-refractivity contribution is 0.0632. The topological polar surface area (TPSA) is 29.5 Å². The molecule has 0 saturated heterocycles. The first-order valence-corrected chi connectivity index (χ1v) is 6.29. The number of nitrogens with zero attached hydrogens (tertiary/aromatic N) is 1. The summed E-state index contributed by atoms with van der Waals surface area (Å²) in [7, 11) is 3.43. The van der Waals surface area contributed by atoms with Crippen molar-refractivity contribution in [3.8, 4) is 0 Å². The Bertz CT molecular complexity index is 406. The Balaban J connectivity index is 2.92. The van der Waals surface area contributed by atoms with Crippen LogP contribution in [0.2, 0.25) is 0 Å². The van der Waals surface area contributed by atoms with Crippen LogP contribution in [0.25, 0.3) is 0 Å². The Morgan fingerprint density at radius 2 is 2.18 bits per heavy atom. The highest BCUT2D eigenvalue weighted by atomic mass is 79.9. The van der Waals surface area contributed by atoms with Crippen LogP contribution < -0.4 is 0 Å². The van der Waals surface area contributed by atoms with Crippen molar-refractivity contribution in [3.05, 3.63) is 33.8 Å². The maximum Gasteiger partial charge on any atom is 0.255 e. The maximum absolute atomic E-state index is 12.3. The average Bonchev–Trinajstić information content (AvgIpc) is 2.30. The molecule has 0 aromatic heterocycles. The number of carbonyl (C=O) groups is 1. The Morgan fingerprint density at radius 3 is 2.76 bits per heavy atom. The molecular formula is C13H18BrNO2. The van der Waals surface area contributed by atoms with Crippen LogP contribution in [0.15, 0.2) is 22.7 Å². The van der Waals surface area contributed by atoms with Gasteiger partial charge in [-0.25, -0.2) is 0 Å². The van der Waals surface area contributed by atoms with Crippen LogP contribution in [0.4, 0.5) is 0 Å². The van der Waals surface area contributed by atoms with Gasteiger partial charge >= 0.3 is 0 Å². The summed E-state index contributed by atoms with van der Waals surface area (Å²) in [6.07, 6.45) is 0. The quantitative estimate of drug-likeness (QED) is 0.855. The Morgan fingerprint density at radius 1 is 1.53 bits per heavy atom. The molecule has 17 heavy (non-hydrogen) atoms. The molecule has 0 heterocycles. The first kappa shape index (κ1) is 14.2. The number of benzene rings is 1. The third-order valence-corrected chi connectivity index (χ3v) is 3.43. The van der Waals surface area contributed by atoms with Crippen molar-refractivity contribution in [1.82, 2.24) is 4.90 Å². The highest BCUT2D eigenvalue weighted by molar-refractivity contribution is 9.10. The molecule has 0 radical (unpaired) electrons. The number of hydrogen-bond acceptors (Lipinski definition) is 2. The van der Waals surface area contributed by atoms with Crippen LogP contribution in [-0.2, 0) is 4.74 Å². The molecule has 0 aliphatic rings. The van der Waals surface area contributed by atoms with Crippen molar-refractivity contribution in [1.29, 1.82) is 0 Å². The molecule has 0 aliphatic heterocycles. The molecule has 1 amide bonds. The number of likely N-dealkylation sites (N-methyl/N-ethyl adjacent to an activating group) is 1. The average molecular weight is 300 g/mol. The molecule has 1 rings (SSSR count). The second kappa shape index (κ2) is 6.17. The number of rotatable bonds is 4. The number of amides is 1. The van der Waals surface area contributed by atoms with Gasteiger partial charge in [-0.15, -0.1) is 0 Å². The molecule has 1 atom stereocenters. The summed E-state index contributed by atoms with van der Waals surface area (Å²) < 4.78 is 5.88. The Labute approximate surface area is 111 Å². The summed E-state index contributed by atoms with van der Waals surface area (Å²) in [5.41, 5.74) is 1.76. The fourth-order valence-corrected chi connectivity index (χ4v) is 1.96. The van der Waals surface area contributed by atoms with Crippen LogP contribution in [0.3, 0.4) is 0 Å². The second-order valence-electron chi connectivity index (χ2n) is 4.20. The van der Waals surface area contributed by atoms with Gasteiger partial charge in [0.15, 0.2) is 0 Å². The van der Waals surface area contributed by atoms with E-state index in [9.17, 15) is 4.79 Å². The van der Waals surface area contributed by atoms with Crippen LogP contribution in [-0.4, -0.2) is 37.6 Å². The molecule has 0 saturated carbocycles. The monoisotopic (exact) mass is 299 g/mol. The Kier molecular flexibility index (Phi) is 5.15. The first-order valence-electron chi connectivity index (χ1n) is 5.49. The summed E-state index contributed by atoms with van der Waals surface area (Å²) in [4.78, 5) is 14.0. The summed E-state index contributed by atoms with van der Waals surface area (Å²) in [5.74, 6) is 0.00475. The molecule has 94 valence electrons. The van der Waals surface area contributed by atoms with E-state index in [0.717, 1.165) is 10.0 Å². The zero-order chi connectivity index (χ0) is 13.0. The third kappa shape index (κ3) is 3.54. The molecule has 0 N–H and O–H groups in total. The van der Waals surface area contributed by atoms with E-state index in [1.54, 1.807) is 19.1 Å². The zero-order valence-corrected chi connectivity index (χ0v) is 12.2. The van der Waals surface area contributed by atoms with Gasteiger partial charge in [0, 0.05) is 18.6 Å². The lowest BCUT2D eigenvalue weighted by atomic mass is 10.1. The molecular weight excluding hydrogens is 282 g/mol. The number of aryl methyl sites for hydroxylation is 1. The minimum atomic E-state index is 0.00475. The minimum Gasteiger partial charge on any atom is -0.383 e. The normalized spacial score (nSPS) is 12.3. The van der Waals surface area contributed by atoms with Crippen LogP contribution in [0.1, 0.15) is 22.8 Å². The highest BCUT2D eigenvalue weighted by Gasteiger charge is 2.19. The predicted octanol–water partition coefficient (Wildman–Crippen LogP) is 2.86. The van der Waals surface area contributed by atoms with E-state index in [0.29, 0.717) is 12.2 Å². The molecule has 1 unspecified atom stereocenters. The number of ether oxygens (including phenoxy) is 1. The van der Waals surface area contributed by atoms with Gasteiger partial charge in [-0.05, 0) is 41.9 Å². The summed E-state index contributed by atoms with van der Waals surface area (Å²) in [5, 5.41) is 0. The van der Waals surface area contributed by atoms with Gasteiger partial charge in [-0.1, -0.05) is 11.6 Å². The van der Waals surface area contributed by atoms with Gasteiger partial charge in [0.05, 0.1) is 18.2 Å². The molecule has 0 fully saturated rings. The van der Waals surface area contributed by atoms with Gasteiger partial charge in [-0.2, -0.15) is 0 Å². The van der Waals surface area contributed by atoms with Crippen molar-refractivity contribution in [3.63, 3.8) is 0 Å². The molecule has 4 heteroatoms. The number of hydrogen-bond donors (Lipinski definition) is 0. The largest absolute Gasteiger partial charge is 0.383 e. The van der Waals surface area contributed by atoms with Crippen molar-refractivity contribution < 1.29 is 9.53 Å². The fraction of sp³-hybridized carbons (Fsp3) is 0.462. The van der Waals surface area contributed by atoms with Crippen LogP contribution in [0, 0.1) is 6.92 Å². The summed E-state index contributed by atoms with van der Waals surface area (Å²) >= 11 is 3.41. The number of halogens is 1. The maximum atomic E-state index is 12.3. The first-order chi connectivity index (χ1) is 7.97. The van der Waals surface area contributed by atoms with Crippen LogP contribution >= 0.6 is 15.9 Å². The van der Waals surface area contributed by atoms with Crippen molar-refractivity contribution in [2.75, 3.05) is 20.8 Å². The fourth-order valence-electron chi connectivity index (χ4n) is 1.55. The molecule has 1 aromatic carbocycles. The van der Waals surface area contributed by atoms with Gasteiger partial charge in [0.1, 0.15) is 0 Å². The van der Waals surface area contributed by atoms with E-state index >= 15 is 0 Å². The van der Waals surface area contributed by atoms with Gasteiger partial charge in [-0.3, -0.25) is 4.79 Å². The molecule has 0 spiro atoms. The highest BCUT2D eigenvalue weighted by Crippen LogP contribution is 2.20. The zero-order valence-electron chi connectivity index (χ0n) is 10.7. The third-order valence-electron chi connectivity index (χ3n) is 2.74. The van der Waals surface area contributed by atoms with E-state index in [2.05, 4.69) is 15.9 Å². The number of carbonyl (C=O) groups excluding carboxylic acids is 1. The minimum absolute atomic E-state index is 0.00475. The summed E-state index contributed by atoms with van der Waals surface area (Å²) in [6, 6.07) is 5.82. The van der Waals surface area contributed by atoms with E-state index in [1.807, 2.05) is 32.0 Å². The molecule has 3 nitrogen and oxygen atoms in total. The molecule has 0 bridgehead atoms. The smallest absolute Gasteiger partial charge is 0.255 e. The lowest BCUT2D eigenvalue weighted by Gasteiger charge is -2.25. The van der Waals surface area contributed by atoms with Crippen LogP contribution in [0.5, 0.6) is 0 Å². The summed E-state index contributed by atoms with van der Waals surface area (Å²) in [6.45, 7) is 4.47. The predicted molar refractivity (Wildman–Crippen MR) is 72.3 cm³/mol. The van der Waals surface area contributed by atoms with E-state index in [4.69, 9.17) is 4.74 Å². The molecule has 1 aromatic rings. The van der Waals surface area contributed by atoms with Gasteiger partial charge in [0.25, 0.3) is 5.91 Å². The van der Waals surface area contributed by atoms with Crippen molar-refractivity contribution in [2.24, 2.45) is 0 Å². The standard InChI is InChI=1S/C13H18BrNO2/c1-9-5-6-12(14)11(7-9)13(16)15(3)10(2)8-17-4/h5-7,10H,8H2,1-4H3. The van der Waals surface area contributed by atoms with Crippen molar-refractivity contribution in [2.45, 2.75) is 19.9 Å². The Hall–Kier alpha value is -0.870. The van der Waals surface area contributed by atoms with E-state index in [-0.39, 0.29) is 11.9 Å². The van der Waals surface area contributed by atoms with E-state index in [1.165, 1.54) is 0 Å². The van der Waals surface area contributed by atoms with Crippen molar-refractivity contribution >= 4 is 21.8 Å². The molecule has 0 aliphatic carbocycles. The van der Waals surface area contributed by atoms with Gasteiger partial charge < -0.3 is 9.64 Å². The van der Waals surface area contributed by atoms with E-state index < -0.39 is 0 Å².